The number of primary sulfonamides is 1. The van der Waals surface area contributed by atoms with Gasteiger partial charge in [0.2, 0.25) is 10.0 Å². The fraction of sp³-hybridized carbons (Fsp3) is 0.158. The van der Waals surface area contributed by atoms with Crippen molar-refractivity contribution < 1.29 is 17.9 Å². The number of nitrogens with two attached hydrogens (primary N) is 1. The van der Waals surface area contributed by atoms with Gasteiger partial charge in [-0.1, -0.05) is 24.3 Å². The Hall–Kier alpha value is -2.75. The van der Waals surface area contributed by atoms with Crippen molar-refractivity contribution in [2.24, 2.45) is 5.14 Å². The van der Waals surface area contributed by atoms with E-state index in [-0.39, 0.29) is 22.8 Å². The number of aryl methyl sites for hydroxylation is 1. The summed E-state index contributed by atoms with van der Waals surface area (Å²) in [5.41, 5.74) is 2.92. The number of rotatable bonds is 6. The van der Waals surface area contributed by atoms with Crippen LogP contribution in [-0.2, 0) is 16.6 Å². The fourth-order valence-corrected chi connectivity index (χ4v) is 3.77. The van der Waals surface area contributed by atoms with Gasteiger partial charge in [-0.3, -0.25) is 4.79 Å². The number of carbonyl (C=O) groups is 1. The quantitative estimate of drug-likeness (QED) is 0.640. The summed E-state index contributed by atoms with van der Waals surface area (Å²) in [6, 6.07) is 11.6. The standard InChI is InChI=1S/C19H19N3O4S2/c1-12-22-17(11-27-12)14-5-3-13(4-6-14)10-21-19(23)16-9-15(28(20,24)25)7-8-18(16)26-2/h3-9,11H,10H2,1-2H3,(H,21,23)(H2,20,24,25). The third-order valence-corrected chi connectivity index (χ3v) is 5.75. The molecule has 0 aliphatic heterocycles. The van der Waals surface area contributed by atoms with Crippen LogP contribution in [0.3, 0.4) is 0 Å². The van der Waals surface area contributed by atoms with Crippen molar-refractivity contribution in [1.82, 2.24) is 10.3 Å². The molecule has 7 nitrogen and oxygen atoms in total. The average molecular weight is 418 g/mol. The molecule has 2 aromatic carbocycles. The summed E-state index contributed by atoms with van der Waals surface area (Å²) < 4.78 is 28.2. The van der Waals surface area contributed by atoms with Crippen LogP contribution in [0.15, 0.2) is 52.7 Å². The second kappa shape index (κ2) is 8.09. The van der Waals surface area contributed by atoms with E-state index in [0.29, 0.717) is 0 Å². The molecule has 0 fully saturated rings. The van der Waals surface area contributed by atoms with Crippen LogP contribution in [0.1, 0.15) is 20.9 Å². The van der Waals surface area contributed by atoms with E-state index in [2.05, 4.69) is 10.3 Å². The third kappa shape index (κ3) is 4.56. The second-order valence-corrected chi connectivity index (χ2v) is 8.66. The lowest BCUT2D eigenvalue weighted by Gasteiger charge is -2.11. The minimum absolute atomic E-state index is 0.101. The molecule has 28 heavy (non-hydrogen) atoms. The van der Waals surface area contributed by atoms with Gasteiger partial charge in [-0.05, 0) is 30.7 Å². The molecule has 0 unspecified atom stereocenters. The Labute approximate surface area is 167 Å². The second-order valence-electron chi connectivity index (χ2n) is 6.04. The summed E-state index contributed by atoms with van der Waals surface area (Å²) in [5.74, 6) is -0.194. The molecule has 0 atom stereocenters. The fourth-order valence-electron chi connectivity index (χ4n) is 2.61. The number of nitrogens with one attached hydrogen (secondary N) is 1. The predicted octanol–water partition coefficient (Wildman–Crippen LogP) is 2.70. The van der Waals surface area contributed by atoms with Gasteiger partial charge in [0.1, 0.15) is 5.75 Å². The van der Waals surface area contributed by atoms with Gasteiger partial charge >= 0.3 is 0 Å². The van der Waals surface area contributed by atoms with Crippen LogP contribution in [-0.4, -0.2) is 26.4 Å². The Bertz CT molecular complexity index is 1110. The topological polar surface area (TPSA) is 111 Å². The van der Waals surface area contributed by atoms with E-state index >= 15 is 0 Å². The zero-order valence-corrected chi connectivity index (χ0v) is 16.9. The maximum absolute atomic E-state index is 12.5. The number of hydrogen-bond acceptors (Lipinski definition) is 6. The number of sulfonamides is 1. The van der Waals surface area contributed by atoms with Crippen LogP contribution in [0.4, 0.5) is 0 Å². The van der Waals surface area contributed by atoms with E-state index in [1.807, 2.05) is 36.6 Å². The number of ether oxygens (including phenoxy) is 1. The SMILES string of the molecule is COc1ccc(S(N)(=O)=O)cc1C(=O)NCc1ccc(-c2csc(C)n2)cc1. The molecule has 0 saturated heterocycles. The molecule has 0 aliphatic rings. The first-order chi connectivity index (χ1) is 13.3. The molecule has 0 saturated carbocycles. The summed E-state index contributed by atoms with van der Waals surface area (Å²) in [6.07, 6.45) is 0. The highest BCUT2D eigenvalue weighted by Gasteiger charge is 2.17. The highest BCUT2D eigenvalue weighted by atomic mass is 32.2. The number of methoxy groups -OCH3 is 1. The molecule has 0 bridgehead atoms. The van der Waals surface area contributed by atoms with Gasteiger partial charge in [0, 0.05) is 17.5 Å². The van der Waals surface area contributed by atoms with Gasteiger partial charge in [0.05, 0.1) is 28.3 Å². The lowest BCUT2D eigenvalue weighted by Crippen LogP contribution is -2.24. The van der Waals surface area contributed by atoms with Gasteiger partial charge in [-0.25, -0.2) is 18.5 Å². The van der Waals surface area contributed by atoms with Crippen molar-refractivity contribution >= 4 is 27.3 Å². The molecule has 0 radical (unpaired) electrons. The Kier molecular flexibility index (Phi) is 5.78. The molecule has 0 spiro atoms. The summed E-state index contributed by atoms with van der Waals surface area (Å²) >= 11 is 1.59. The zero-order chi connectivity index (χ0) is 20.3. The van der Waals surface area contributed by atoms with Crippen LogP contribution < -0.4 is 15.2 Å². The maximum Gasteiger partial charge on any atom is 0.255 e. The smallest absolute Gasteiger partial charge is 0.255 e. The number of nitrogens with zero attached hydrogens (tertiary/aromatic N) is 1. The first kappa shape index (κ1) is 20.0. The van der Waals surface area contributed by atoms with Crippen molar-refractivity contribution in [3.8, 4) is 17.0 Å². The predicted molar refractivity (Wildman–Crippen MR) is 108 cm³/mol. The summed E-state index contributed by atoms with van der Waals surface area (Å²) in [4.78, 5) is 16.8. The molecular formula is C19H19N3O4S2. The summed E-state index contributed by atoms with van der Waals surface area (Å²) in [5, 5.41) is 10.9. The molecule has 3 aromatic rings. The first-order valence-electron chi connectivity index (χ1n) is 8.28. The number of benzene rings is 2. The van der Waals surface area contributed by atoms with Crippen molar-refractivity contribution in [3.63, 3.8) is 0 Å². The normalized spacial score (nSPS) is 11.2. The van der Waals surface area contributed by atoms with E-state index in [9.17, 15) is 13.2 Å². The maximum atomic E-state index is 12.5. The number of carbonyl (C=O) groups excluding carboxylic acids is 1. The minimum Gasteiger partial charge on any atom is -0.496 e. The molecule has 3 N–H and O–H groups in total. The number of thiazole rings is 1. The van der Waals surface area contributed by atoms with Gasteiger partial charge in [-0.15, -0.1) is 11.3 Å². The molecular weight excluding hydrogens is 398 g/mol. The van der Waals surface area contributed by atoms with Crippen molar-refractivity contribution in [1.29, 1.82) is 0 Å². The highest BCUT2D eigenvalue weighted by molar-refractivity contribution is 7.89. The van der Waals surface area contributed by atoms with Crippen LogP contribution in [0.5, 0.6) is 5.75 Å². The van der Waals surface area contributed by atoms with Gasteiger partial charge < -0.3 is 10.1 Å². The molecule has 3 rings (SSSR count). The monoisotopic (exact) mass is 417 g/mol. The number of aromatic nitrogens is 1. The summed E-state index contributed by atoms with van der Waals surface area (Å²) in [7, 11) is -2.52. The molecule has 9 heteroatoms. The minimum atomic E-state index is -3.92. The largest absolute Gasteiger partial charge is 0.496 e. The van der Waals surface area contributed by atoms with Crippen LogP contribution >= 0.6 is 11.3 Å². The van der Waals surface area contributed by atoms with Crippen molar-refractivity contribution in [3.05, 3.63) is 64.0 Å². The van der Waals surface area contributed by atoms with E-state index in [0.717, 1.165) is 21.8 Å². The molecule has 1 amide bonds. The van der Waals surface area contributed by atoms with E-state index in [4.69, 9.17) is 9.88 Å². The van der Waals surface area contributed by atoms with Crippen molar-refractivity contribution in [2.75, 3.05) is 7.11 Å². The summed E-state index contributed by atoms with van der Waals surface area (Å²) in [6.45, 7) is 2.23. The van der Waals surface area contributed by atoms with Crippen LogP contribution in [0, 0.1) is 6.92 Å². The lowest BCUT2D eigenvalue weighted by molar-refractivity contribution is 0.0947. The zero-order valence-electron chi connectivity index (χ0n) is 15.3. The van der Waals surface area contributed by atoms with E-state index in [1.165, 1.54) is 25.3 Å². The first-order valence-corrected chi connectivity index (χ1v) is 10.7. The van der Waals surface area contributed by atoms with E-state index in [1.54, 1.807) is 11.3 Å². The molecule has 146 valence electrons. The van der Waals surface area contributed by atoms with Gasteiger partial charge in [-0.2, -0.15) is 0 Å². The third-order valence-electron chi connectivity index (χ3n) is 4.07. The number of hydrogen-bond donors (Lipinski definition) is 2. The van der Waals surface area contributed by atoms with Gasteiger partial charge in [0.25, 0.3) is 5.91 Å². The Morgan fingerprint density at radius 3 is 2.50 bits per heavy atom. The average Bonchev–Trinajstić information content (AvgIpc) is 3.11. The van der Waals surface area contributed by atoms with Gasteiger partial charge in [0.15, 0.2) is 0 Å². The molecule has 1 heterocycles. The van der Waals surface area contributed by atoms with Crippen LogP contribution in [0.2, 0.25) is 0 Å². The Morgan fingerprint density at radius 2 is 1.93 bits per heavy atom. The van der Waals surface area contributed by atoms with E-state index < -0.39 is 15.9 Å². The molecule has 0 aliphatic carbocycles. The van der Waals surface area contributed by atoms with Crippen LogP contribution in [0.25, 0.3) is 11.3 Å². The Morgan fingerprint density at radius 1 is 1.21 bits per heavy atom. The lowest BCUT2D eigenvalue weighted by atomic mass is 10.1. The molecule has 1 aromatic heterocycles. The Balaban J connectivity index is 1.73. The van der Waals surface area contributed by atoms with Crippen molar-refractivity contribution in [2.45, 2.75) is 18.4 Å². The number of amides is 1. The highest BCUT2D eigenvalue weighted by Crippen LogP contribution is 2.23.